The molecular weight excluding hydrogens is 198 g/mol. The first kappa shape index (κ1) is 11.6. The van der Waals surface area contributed by atoms with E-state index in [1.54, 1.807) is 0 Å². The summed E-state index contributed by atoms with van der Waals surface area (Å²) in [5, 5.41) is 12.9. The van der Waals surface area contributed by atoms with Crippen molar-refractivity contribution >= 4 is 0 Å². The molecule has 0 heterocycles. The van der Waals surface area contributed by atoms with Crippen LogP contribution >= 0.6 is 0 Å². The Morgan fingerprint density at radius 3 is 2.75 bits per heavy atom. The van der Waals surface area contributed by atoms with Crippen molar-refractivity contribution < 1.29 is 5.11 Å². The van der Waals surface area contributed by atoms with E-state index in [2.05, 4.69) is 23.5 Å². The molecule has 0 bridgehead atoms. The van der Waals surface area contributed by atoms with Gasteiger partial charge in [0, 0.05) is 13.1 Å². The third kappa shape index (κ3) is 3.06. The lowest BCUT2D eigenvalue weighted by molar-refractivity contribution is 0.0795. The van der Waals surface area contributed by atoms with Gasteiger partial charge in [0.25, 0.3) is 0 Å². The van der Waals surface area contributed by atoms with E-state index in [4.69, 9.17) is 0 Å². The second-order valence-electron chi connectivity index (χ2n) is 5.37. The van der Waals surface area contributed by atoms with E-state index in [1.807, 2.05) is 13.8 Å². The minimum absolute atomic E-state index is 0.628. The van der Waals surface area contributed by atoms with Crippen LogP contribution in [-0.4, -0.2) is 17.3 Å². The Labute approximate surface area is 97.7 Å². The minimum atomic E-state index is -0.628. The van der Waals surface area contributed by atoms with Crippen molar-refractivity contribution in [2.75, 3.05) is 6.54 Å². The van der Waals surface area contributed by atoms with Gasteiger partial charge >= 0.3 is 0 Å². The van der Waals surface area contributed by atoms with E-state index < -0.39 is 5.60 Å². The van der Waals surface area contributed by atoms with Gasteiger partial charge in [-0.2, -0.15) is 0 Å². The zero-order valence-corrected chi connectivity index (χ0v) is 10.2. The molecule has 0 spiro atoms. The number of nitrogens with one attached hydrogen (secondary N) is 1. The van der Waals surface area contributed by atoms with Crippen LogP contribution in [0, 0.1) is 0 Å². The van der Waals surface area contributed by atoms with Gasteiger partial charge in [-0.1, -0.05) is 18.2 Å². The summed E-state index contributed by atoms with van der Waals surface area (Å²) in [6, 6.07) is 6.75. The van der Waals surface area contributed by atoms with Gasteiger partial charge in [0.05, 0.1) is 5.60 Å². The Morgan fingerprint density at radius 2 is 2.00 bits per heavy atom. The zero-order chi connectivity index (χ0) is 11.6. The van der Waals surface area contributed by atoms with Gasteiger partial charge in [-0.05, 0) is 49.8 Å². The summed E-state index contributed by atoms with van der Waals surface area (Å²) in [5.41, 5.74) is 3.73. The van der Waals surface area contributed by atoms with E-state index in [-0.39, 0.29) is 0 Å². The van der Waals surface area contributed by atoms with E-state index in [0.29, 0.717) is 6.54 Å². The summed E-state index contributed by atoms with van der Waals surface area (Å²) in [5.74, 6) is 0. The molecule has 0 saturated carbocycles. The molecule has 0 radical (unpaired) electrons. The van der Waals surface area contributed by atoms with Crippen molar-refractivity contribution in [3.8, 4) is 0 Å². The highest BCUT2D eigenvalue weighted by atomic mass is 16.3. The van der Waals surface area contributed by atoms with Gasteiger partial charge in [-0.3, -0.25) is 0 Å². The Bertz CT molecular complexity index is 365. The highest BCUT2D eigenvalue weighted by Crippen LogP contribution is 2.22. The smallest absolute Gasteiger partial charge is 0.0715 e. The van der Waals surface area contributed by atoms with Crippen LogP contribution in [-0.2, 0) is 19.4 Å². The molecule has 2 nitrogen and oxygen atoms in total. The number of benzene rings is 1. The first-order valence-corrected chi connectivity index (χ1v) is 6.08. The van der Waals surface area contributed by atoms with Crippen molar-refractivity contribution in [2.45, 2.75) is 45.3 Å². The molecular formula is C14H21NO. The summed E-state index contributed by atoms with van der Waals surface area (Å²) in [7, 11) is 0. The Hall–Kier alpha value is -0.860. The second kappa shape index (κ2) is 4.56. The third-order valence-corrected chi connectivity index (χ3v) is 3.05. The van der Waals surface area contributed by atoms with Crippen LogP contribution < -0.4 is 5.32 Å². The van der Waals surface area contributed by atoms with E-state index in [0.717, 1.165) is 6.54 Å². The van der Waals surface area contributed by atoms with Crippen LogP contribution in [0.3, 0.4) is 0 Å². The molecule has 1 aliphatic carbocycles. The van der Waals surface area contributed by atoms with Gasteiger partial charge in [-0.25, -0.2) is 0 Å². The van der Waals surface area contributed by atoms with Gasteiger partial charge in [0.15, 0.2) is 0 Å². The molecule has 2 N–H and O–H groups in total. The summed E-state index contributed by atoms with van der Waals surface area (Å²) in [6.07, 6.45) is 3.78. The monoisotopic (exact) mass is 219 g/mol. The molecule has 0 fully saturated rings. The average molecular weight is 219 g/mol. The van der Waals surface area contributed by atoms with Gasteiger partial charge in [0.1, 0.15) is 0 Å². The molecule has 0 aromatic heterocycles. The molecule has 16 heavy (non-hydrogen) atoms. The summed E-state index contributed by atoms with van der Waals surface area (Å²) >= 11 is 0. The van der Waals surface area contributed by atoms with E-state index in [9.17, 15) is 5.11 Å². The van der Waals surface area contributed by atoms with Crippen LogP contribution in [0.2, 0.25) is 0 Å². The summed E-state index contributed by atoms with van der Waals surface area (Å²) < 4.78 is 0. The molecule has 0 saturated heterocycles. The fraction of sp³-hybridized carbons (Fsp3) is 0.571. The highest BCUT2D eigenvalue weighted by Gasteiger charge is 2.12. The number of rotatable bonds is 4. The third-order valence-electron chi connectivity index (χ3n) is 3.05. The molecule has 0 amide bonds. The van der Waals surface area contributed by atoms with Crippen LogP contribution in [0.1, 0.15) is 37.0 Å². The highest BCUT2D eigenvalue weighted by molar-refractivity contribution is 5.35. The fourth-order valence-electron chi connectivity index (χ4n) is 2.25. The minimum Gasteiger partial charge on any atom is -0.389 e. The van der Waals surface area contributed by atoms with Crippen molar-refractivity contribution in [3.63, 3.8) is 0 Å². The average Bonchev–Trinajstić information content (AvgIpc) is 2.62. The van der Waals surface area contributed by atoms with Crippen molar-refractivity contribution in [3.05, 3.63) is 34.9 Å². The standard InChI is InChI=1S/C14H21NO/c1-14(2,16)10-15-9-11-6-7-12-4-3-5-13(12)8-11/h6-8,15-16H,3-5,9-10H2,1-2H3. The molecule has 1 aromatic carbocycles. The van der Waals surface area contributed by atoms with Crippen LogP contribution in [0.5, 0.6) is 0 Å². The summed E-state index contributed by atoms with van der Waals surface area (Å²) in [6.45, 7) is 5.12. The van der Waals surface area contributed by atoms with Gasteiger partial charge < -0.3 is 10.4 Å². The Balaban J connectivity index is 1.91. The van der Waals surface area contributed by atoms with E-state index >= 15 is 0 Å². The molecule has 1 aromatic rings. The maximum absolute atomic E-state index is 9.59. The second-order valence-corrected chi connectivity index (χ2v) is 5.37. The molecule has 2 heteroatoms. The number of hydrogen-bond donors (Lipinski definition) is 2. The normalized spacial score (nSPS) is 15.2. The van der Waals surface area contributed by atoms with Crippen molar-refractivity contribution in [1.29, 1.82) is 0 Å². The van der Waals surface area contributed by atoms with Crippen LogP contribution in [0.4, 0.5) is 0 Å². The van der Waals surface area contributed by atoms with Gasteiger partial charge in [-0.15, -0.1) is 0 Å². The predicted molar refractivity (Wildman–Crippen MR) is 66.5 cm³/mol. The Morgan fingerprint density at radius 1 is 1.25 bits per heavy atom. The quantitative estimate of drug-likeness (QED) is 0.812. The molecule has 1 aliphatic rings. The first-order valence-electron chi connectivity index (χ1n) is 6.08. The van der Waals surface area contributed by atoms with Crippen LogP contribution in [0.15, 0.2) is 18.2 Å². The maximum atomic E-state index is 9.59. The number of hydrogen-bond acceptors (Lipinski definition) is 2. The summed E-state index contributed by atoms with van der Waals surface area (Å²) in [4.78, 5) is 0. The zero-order valence-electron chi connectivity index (χ0n) is 10.2. The predicted octanol–water partition coefficient (Wildman–Crippen LogP) is 2.04. The topological polar surface area (TPSA) is 32.3 Å². The lowest BCUT2D eigenvalue weighted by atomic mass is 10.1. The van der Waals surface area contributed by atoms with E-state index in [1.165, 1.54) is 36.0 Å². The lowest BCUT2D eigenvalue weighted by Crippen LogP contribution is -2.34. The molecule has 2 rings (SSSR count). The largest absolute Gasteiger partial charge is 0.389 e. The fourth-order valence-corrected chi connectivity index (χ4v) is 2.25. The molecule has 0 aliphatic heterocycles. The van der Waals surface area contributed by atoms with Crippen molar-refractivity contribution in [1.82, 2.24) is 5.32 Å². The number of aliphatic hydroxyl groups is 1. The van der Waals surface area contributed by atoms with Crippen LogP contribution in [0.25, 0.3) is 0 Å². The molecule has 88 valence electrons. The molecule has 0 atom stereocenters. The van der Waals surface area contributed by atoms with Crippen molar-refractivity contribution in [2.24, 2.45) is 0 Å². The maximum Gasteiger partial charge on any atom is 0.0715 e. The Kier molecular flexibility index (Phi) is 3.31. The number of fused-ring (bicyclic) bond motifs is 1. The molecule has 0 unspecified atom stereocenters. The SMILES string of the molecule is CC(C)(O)CNCc1ccc2c(c1)CCC2. The number of aryl methyl sites for hydroxylation is 2. The van der Waals surface area contributed by atoms with Gasteiger partial charge in [0.2, 0.25) is 0 Å². The lowest BCUT2D eigenvalue weighted by Gasteiger charge is -2.17. The first-order chi connectivity index (χ1) is 7.54.